The van der Waals surface area contributed by atoms with Crippen LogP contribution >= 0.6 is 11.6 Å². The maximum atomic E-state index is 13.6. The molecule has 1 atom stereocenters. The van der Waals surface area contributed by atoms with E-state index in [1.54, 1.807) is 35.2 Å². The molecule has 2 aliphatic heterocycles. The quantitative estimate of drug-likeness (QED) is 0.612. The summed E-state index contributed by atoms with van der Waals surface area (Å²) in [7, 11) is 1.45. The molecule has 33 heavy (non-hydrogen) atoms. The number of carbonyl (C=O) groups excluding carboxylic acids is 1. The molecule has 2 aromatic carbocycles. The maximum Gasteiger partial charge on any atom is 0.290 e. The Morgan fingerprint density at radius 2 is 1.91 bits per heavy atom. The van der Waals surface area contributed by atoms with E-state index >= 15 is 0 Å². The lowest BCUT2D eigenvalue weighted by atomic mass is 9.98. The van der Waals surface area contributed by atoms with E-state index in [1.165, 1.54) is 13.2 Å². The fourth-order valence-electron chi connectivity index (χ4n) is 4.51. The van der Waals surface area contributed by atoms with Gasteiger partial charge in [0.25, 0.3) is 5.91 Å². The Balaban J connectivity index is 1.63. The highest BCUT2D eigenvalue weighted by Gasteiger charge is 2.43. The molecule has 1 N–H and O–H groups in total. The lowest BCUT2D eigenvalue weighted by Gasteiger charge is -2.31. The molecule has 0 spiro atoms. The number of phenols is 1. The Bertz CT molecular complexity index is 1280. The summed E-state index contributed by atoms with van der Waals surface area (Å²) in [5, 5.41) is 10.8. The third-order valence-corrected chi connectivity index (χ3v) is 6.44. The fraction of sp³-hybridized carbons (Fsp3) is 0.333. The van der Waals surface area contributed by atoms with Crippen LogP contribution in [0.3, 0.4) is 0 Å². The van der Waals surface area contributed by atoms with Crippen LogP contribution in [0.2, 0.25) is 5.02 Å². The number of hydrogen-bond donors (Lipinski definition) is 1. The van der Waals surface area contributed by atoms with E-state index in [9.17, 15) is 14.7 Å². The van der Waals surface area contributed by atoms with Crippen LogP contribution in [0.15, 0.2) is 45.6 Å². The molecular weight excluding hydrogens is 448 g/mol. The smallest absolute Gasteiger partial charge is 0.290 e. The summed E-state index contributed by atoms with van der Waals surface area (Å²) < 4.78 is 16.6. The van der Waals surface area contributed by atoms with Gasteiger partial charge in [0.05, 0.1) is 37.3 Å². The second-order valence-corrected chi connectivity index (χ2v) is 8.54. The van der Waals surface area contributed by atoms with Crippen LogP contribution in [0, 0.1) is 0 Å². The van der Waals surface area contributed by atoms with Crippen LogP contribution in [0.25, 0.3) is 11.0 Å². The molecule has 3 aromatic rings. The minimum Gasteiger partial charge on any atom is -0.504 e. The van der Waals surface area contributed by atoms with Gasteiger partial charge in [0.2, 0.25) is 5.76 Å². The summed E-state index contributed by atoms with van der Waals surface area (Å²) in [5.41, 5.74) is 0.929. The van der Waals surface area contributed by atoms with Crippen molar-refractivity contribution < 1.29 is 23.8 Å². The number of ether oxygens (including phenoxy) is 2. The van der Waals surface area contributed by atoms with Crippen LogP contribution in [0.1, 0.15) is 27.7 Å². The third-order valence-electron chi connectivity index (χ3n) is 6.21. The molecule has 0 bridgehead atoms. The standard InChI is InChI=1S/C24H23ClN2O6/c1-31-19-12-14(2-4-17(19)28)21-20-22(29)16-13-15(25)3-5-18(16)33-23(20)24(30)27(21)7-6-26-8-10-32-11-9-26/h2-5,12-13,21,28H,6-11H2,1H3. The number of rotatable bonds is 5. The first kappa shape index (κ1) is 21.8. The highest BCUT2D eigenvalue weighted by Crippen LogP contribution is 2.40. The Morgan fingerprint density at radius 3 is 2.67 bits per heavy atom. The number of hydrogen-bond acceptors (Lipinski definition) is 7. The topological polar surface area (TPSA) is 92.5 Å². The van der Waals surface area contributed by atoms with Gasteiger partial charge in [-0.2, -0.15) is 0 Å². The monoisotopic (exact) mass is 470 g/mol. The second-order valence-electron chi connectivity index (χ2n) is 8.10. The SMILES string of the molecule is COc1cc(C2c3c(oc4ccc(Cl)cc4c3=O)C(=O)N2CCN2CCOCC2)ccc1O. The largest absolute Gasteiger partial charge is 0.504 e. The van der Waals surface area contributed by atoms with Gasteiger partial charge in [-0.25, -0.2) is 0 Å². The van der Waals surface area contributed by atoms with Gasteiger partial charge in [-0.3, -0.25) is 14.5 Å². The number of phenolic OH excluding ortho intramolecular Hbond substituents is 1. The molecule has 2 aliphatic rings. The average Bonchev–Trinajstić information content (AvgIpc) is 3.11. The van der Waals surface area contributed by atoms with E-state index in [1.807, 2.05) is 0 Å². The highest BCUT2D eigenvalue weighted by atomic mass is 35.5. The van der Waals surface area contributed by atoms with Crippen LogP contribution in [0.5, 0.6) is 11.5 Å². The molecule has 9 heteroatoms. The van der Waals surface area contributed by atoms with Crippen LogP contribution < -0.4 is 10.2 Å². The fourth-order valence-corrected chi connectivity index (χ4v) is 4.68. The number of morpholine rings is 1. The zero-order valence-electron chi connectivity index (χ0n) is 18.0. The van der Waals surface area contributed by atoms with Crippen molar-refractivity contribution in [1.29, 1.82) is 0 Å². The predicted octanol–water partition coefficient (Wildman–Crippen LogP) is 3.04. The van der Waals surface area contributed by atoms with E-state index in [4.69, 9.17) is 25.5 Å². The van der Waals surface area contributed by atoms with Gasteiger partial charge in [0.15, 0.2) is 16.9 Å². The van der Waals surface area contributed by atoms with Gasteiger partial charge in [-0.15, -0.1) is 0 Å². The van der Waals surface area contributed by atoms with Crippen LogP contribution in [-0.4, -0.2) is 67.3 Å². The van der Waals surface area contributed by atoms with Crippen molar-refractivity contribution in [2.24, 2.45) is 0 Å². The molecular formula is C24H23ClN2O6. The summed E-state index contributed by atoms with van der Waals surface area (Å²) in [4.78, 5) is 30.9. The maximum absolute atomic E-state index is 13.6. The number of benzene rings is 2. The molecule has 0 radical (unpaired) electrons. The first-order valence-electron chi connectivity index (χ1n) is 10.7. The Kier molecular flexibility index (Phi) is 5.74. The molecule has 1 fully saturated rings. The van der Waals surface area contributed by atoms with Crippen molar-refractivity contribution in [2.45, 2.75) is 6.04 Å². The molecule has 1 saturated heterocycles. The highest BCUT2D eigenvalue weighted by molar-refractivity contribution is 6.31. The van der Waals surface area contributed by atoms with E-state index in [0.717, 1.165) is 13.1 Å². The molecule has 8 nitrogen and oxygen atoms in total. The minimum atomic E-state index is -0.678. The lowest BCUT2D eigenvalue weighted by Crippen LogP contribution is -2.42. The molecule has 5 rings (SSSR count). The van der Waals surface area contributed by atoms with E-state index < -0.39 is 6.04 Å². The summed E-state index contributed by atoms with van der Waals surface area (Å²) in [6.07, 6.45) is 0. The number of methoxy groups -OCH3 is 1. The van der Waals surface area contributed by atoms with E-state index in [0.29, 0.717) is 47.9 Å². The number of amides is 1. The van der Waals surface area contributed by atoms with Crippen LogP contribution in [-0.2, 0) is 4.74 Å². The van der Waals surface area contributed by atoms with Crippen molar-refractivity contribution in [1.82, 2.24) is 9.80 Å². The van der Waals surface area contributed by atoms with Gasteiger partial charge in [-0.05, 0) is 35.9 Å². The first-order chi connectivity index (χ1) is 16.0. The minimum absolute atomic E-state index is 0.0250. The third kappa shape index (κ3) is 3.84. The molecule has 1 unspecified atom stereocenters. The Morgan fingerprint density at radius 1 is 1.12 bits per heavy atom. The van der Waals surface area contributed by atoms with E-state index in [2.05, 4.69) is 4.90 Å². The number of halogens is 1. The summed E-state index contributed by atoms with van der Waals surface area (Å²) in [5.74, 6) is -0.0733. The molecule has 0 aliphatic carbocycles. The van der Waals surface area contributed by atoms with Gasteiger partial charge in [0, 0.05) is 31.2 Å². The molecule has 1 amide bonds. The molecule has 3 heterocycles. The number of aromatic hydroxyl groups is 1. The number of carbonyl (C=O) groups is 1. The molecule has 0 saturated carbocycles. The van der Waals surface area contributed by atoms with Crippen molar-refractivity contribution in [3.8, 4) is 11.5 Å². The normalized spacial score (nSPS) is 18.7. The van der Waals surface area contributed by atoms with Gasteiger partial charge in [0.1, 0.15) is 5.58 Å². The summed E-state index contributed by atoms with van der Waals surface area (Å²) in [6, 6.07) is 8.93. The van der Waals surface area contributed by atoms with E-state index in [-0.39, 0.29) is 34.2 Å². The zero-order valence-corrected chi connectivity index (χ0v) is 18.8. The average molecular weight is 471 g/mol. The van der Waals surface area contributed by atoms with Crippen molar-refractivity contribution in [3.63, 3.8) is 0 Å². The van der Waals surface area contributed by atoms with Crippen molar-refractivity contribution in [2.75, 3.05) is 46.5 Å². The number of nitrogens with zero attached hydrogens (tertiary/aromatic N) is 2. The predicted molar refractivity (Wildman–Crippen MR) is 122 cm³/mol. The molecule has 172 valence electrons. The van der Waals surface area contributed by atoms with Gasteiger partial charge >= 0.3 is 0 Å². The van der Waals surface area contributed by atoms with Crippen molar-refractivity contribution in [3.05, 3.63) is 68.5 Å². The first-order valence-corrected chi connectivity index (χ1v) is 11.1. The van der Waals surface area contributed by atoms with Crippen molar-refractivity contribution >= 4 is 28.5 Å². The lowest BCUT2D eigenvalue weighted by molar-refractivity contribution is 0.0314. The second kappa shape index (κ2) is 8.70. The van der Waals surface area contributed by atoms with Crippen LogP contribution in [0.4, 0.5) is 0 Å². The van der Waals surface area contributed by atoms with Gasteiger partial charge < -0.3 is 23.9 Å². The number of fused-ring (bicyclic) bond motifs is 2. The zero-order chi connectivity index (χ0) is 23.1. The summed E-state index contributed by atoms with van der Waals surface area (Å²) in [6.45, 7) is 3.90. The Hall–Kier alpha value is -3.07. The Labute approximate surface area is 194 Å². The van der Waals surface area contributed by atoms with Gasteiger partial charge in [-0.1, -0.05) is 17.7 Å². The summed E-state index contributed by atoms with van der Waals surface area (Å²) >= 11 is 6.13. The molecule has 1 aromatic heterocycles.